The zero-order valence-electron chi connectivity index (χ0n) is 14.5. The molecule has 0 atom stereocenters. The summed E-state index contributed by atoms with van der Waals surface area (Å²) in [6.45, 7) is 0. The third-order valence-electron chi connectivity index (χ3n) is 3.80. The van der Waals surface area contributed by atoms with Gasteiger partial charge in [0.15, 0.2) is 0 Å². The Morgan fingerprint density at radius 1 is 1.24 bits per heavy atom. The summed E-state index contributed by atoms with van der Waals surface area (Å²) < 4.78 is 38.4. The molecule has 0 unspecified atom stereocenters. The van der Waals surface area contributed by atoms with E-state index in [1.807, 2.05) is 6.07 Å². The summed E-state index contributed by atoms with van der Waals surface area (Å²) in [6, 6.07) is 12.4. The molecular formula is C19H11F3N4O2S. The lowest BCUT2D eigenvalue weighted by molar-refractivity contribution is -0.384. The number of nitro groups is 1. The smallest absolute Gasteiger partial charge is 0.360 e. The van der Waals surface area contributed by atoms with E-state index in [-0.39, 0.29) is 16.9 Å². The molecule has 3 aromatic rings. The number of allylic oxidation sites excluding steroid dienone is 1. The number of non-ortho nitro benzene ring substituents is 1. The number of alkyl halides is 3. The SMILES string of the molecule is N#CC(=CNc1cccc(C(F)(F)F)c1)c1nc(-c2ccc([N+](=O)[O-])cc2)cs1. The van der Waals surface area contributed by atoms with Gasteiger partial charge in [-0.15, -0.1) is 11.3 Å². The second kappa shape index (κ2) is 8.12. The Morgan fingerprint density at radius 3 is 2.59 bits per heavy atom. The fourth-order valence-electron chi connectivity index (χ4n) is 2.37. The molecule has 0 aliphatic heterocycles. The van der Waals surface area contributed by atoms with E-state index in [1.54, 1.807) is 17.5 Å². The van der Waals surface area contributed by atoms with Gasteiger partial charge in [-0.05, 0) is 30.3 Å². The van der Waals surface area contributed by atoms with Crippen molar-refractivity contribution in [3.63, 3.8) is 0 Å². The molecule has 0 aliphatic rings. The molecule has 0 aliphatic carbocycles. The second-order valence-electron chi connectivity index (χ2n) is 5.73. The van der Waals surface area contributed by atoms with Gasteiger partial charge in [0.25, 0.3) is 5.69 Å². The molecular weight excluding hydrogens is 405 g/mol. The molecule has 29 heavy (non-hydrogen) atoms. The second-order valence-corrected chi connectivity index (χ2v) is 6.59. The van der Waals surface area contributed by atoms with Crippen LogP contribution in [0.25, 0.3) is 16.8 Å². The summed E-state index contributed by atoms with van der Waals surface area (Å²) in [7, 11) is 0. The molecule has 2 aromatic carbocycles. The number of hydrogen-bond donors (Lipinski definition) is 1. The monoisotopic (exact) mass is 416 g/mol. The predicted molar refractivity (Wildman–Crippen MR) is 103 cm³/mol. The maximum absolute atomic E-state index is 12.8. The van der Waals surface area contributed by atoms with Crippen LogP contribution in [0.15, 0.2) is 60.1 Å². The summed E-state index contributed by atoms with van der Waals surface area (Å²) in [6.07, 6.45) is -3.18. The van der Waals surface area contributed by atoms with Crippen molar-refractivity contribution in [2.75, 3.05) is 5.32 Å². The van der Waals surface area contributed by atoms with Crippen molar-refractivity contribution < 1.29 is 18.1 Å². The van der Waals surface area contributed by atoms with E-state index in [4.69, 9.17) is 0 Å². The van der Waals surface area contributed by atoms with E-state index < -0.39 is 16.7 Å². The molecule has 6 nitrogen and oxygen atoms in total. The highest BCUT2D eigenvalue weighted by molar-refractivity contribution is 7.11. The van der Waals surface area contributed by atoms with E-state index in [9.17, 15) is 28.5 Å². The minimum absolute atomic E-state index is 0.0490. The van der Waals surface area contributed by atoms with Gasteiger partial charge in [-0.2, -0.15) is 18.4 Å². The van der Waals surface area contributed by atoms with Gasteiger partial charge in [0.1, 0.15) is 16.6 Å². The highest BCUT2D eigenvalue weighted by atomic mass is 32.1. The number of nitro benzene ring substituents is 1. The molecule has 0 saturated heterocycles. The Labute approximate surface area is 166 Å². The number of aromatic nitrogens is 1. The van der Waals surface area contributed by atoms with Crippen molar-refractivity contribution in [3.05, 3.63) is 80.8 Å². The number of nitriles is 1. The molecule has 0 radical (unpaired) electrons. The fourth-order valence-corrected chi connectivity index (χ4v) is 3.16. The quantitative estimate of drug-likeness (QED) is 0.327. The molecule has 0 spiro atoms. The molecule has 3 rings (SSSR count). The lowest BCUT2D eigenvalue weighted by atomic mass is 10.1. The number of anilines is 1. The standard InChI is InChI=1S/C19H11F3N4O2S/c20-19(21,22)14-2-1-3-15(8-14)24-10-13(9-23)18-25-17(11-29-18)12-4-6-16(7-5-12)26(27)28/h1-8,10-11,24H. The van der Waals surface area contributed by atoms with Crippen molar-refractivity contribution in [2.24, 2.45) is 0 Å². The first-order valence-electron chi connectivity index (χ1n) is 8.03. The number of rotatable bonds is 5. The minimum Gasteiger partial charge on any atom is -0.360 e. The number of nitrogens with zero attached hydrogens (tertiary/aromatic N) is 3. The lowest BCUT2D eigenvalue weighted by Crippen LogP contribution is -2.05. The van der Waals surface area contributed by atoms with Crippen molar-refractivity contribution in [2.45, 2.75) is 6.18 Å². The zero-order valence-corrected chi connectivity index (χ0v) is 15.3. The van der Waals surface area contributed by atoms with E-state index in [0.717, 1.165) is 12.1 Å². The molecule has 0 saturated carbocycles. The first-order valence-corrected chi connectivity index (χ1v) is 8.90. The third kappa shape index (κ3) is 4.77. The summed E-state index contributed by atoms with van der Waals surface area (Å²) in [4.78, 5) is 14.6. The van der Waals surface area contributed by atoms with Crippen molar-refractivity contribution >= 4 is 28.3 Å². The number of benzene rings is 2. The van der Waals surface area contributed by atoms with Crippen LogP contribution in [-0.4, -0.2) is 9.91 Å². The maximum atomic E-state index is 12.8. The molecule has 1 heterocycles. The summed E-state index contributed by atoms with van der Waals surface area (Å²) in [5.74, 6) is 0. The van der Waals surface area contributed by atoms with Crippen LogP contribution in [0.1, 0.15) is 10.6 Å². The van der Waals surface area contributed by atoms with E-state index >= 15 is 0 Å². The first kappa shape index (κ1) is 20.0. The Bertz CT molecular complexity index is 1120. The minimum atomic E-state index is -4.46. The third-order valence-corrected chi connectivity index (χ3v) is 4.68. The number of nitrogens with one attached hydrogen (secondary N) is 1. The largest absolute Gasteiger partial charge is 0.416 e. The topological polar surface area (TPSA) is 91.8 Å². The summed E-state index contributed by atoms with van der Waals surface area (Å²) in [5.41, 5.74) is 0.637. The average molecular weight is 416 g/mol. The highest BCUT2D eigenvalue weighted by Gasteiger charge is 2.30. The van der Waals surface area contributed by atoms with E-state index in [2.05, 4.69) is 10.3 Å². The van der Waals surface area contributed by atoms with Gasteiger partial charge in [0.2, 0.25) is 0 Å². The van der Waals surface area contributed by atoms with Crippen LogP contribution in [0.4, 0.5) is 24.5 Å². The van der Waals surface area contributed by atoms with Gasteiger partial charge in [0, 0.05) is 35.0 Å². The van der Waals surface area contributed by atoms with Gasteiger partial charge < -0.3 is 5.32 Å². The number of halogens is 3. The summed E-state index contributed by atoms with van der Waals surface area (Å²) in [5, 5.41) is 24.8. The van der Waals surface area contributed by atoms with E-state index in [1.165, 1.54) is 41.8 Å². The number of hydrogen-bond acceptors (Lipinski definition) is 6. The fraction of sp³-hybridized carbons (Fsp3) is 0.0526. The van der Waals surface area contributed by atoms with Crippen LogP contribution < -0.4 is 5.32 Å². The van der Waals surface area contributed by atoms with Crippen LogP contribution in [0, 0.1) is 21.4 Å². The predicted octanol–water partition coefficient (Wildman–Crippen LogP) is 5.71. The zero-order chi connectivity index (χ0) is 21.0. The van der Waals surface area contributed by atoms with Gasteiger partial charge in [-0.3, -0.25) is 10.1 Å². The highest BCUT2D eigenvalue weighted by Crippen LogP contribution is 2.31. The molecule has 1 N–H and O–H groups in total. The van der Waals surface area contributed by atoms with Crippen molar-refractivity contribution in [3.8, 4) is 17.3 Å². The van der Waals surface area contributed by atoms with Crippen LogP contribution in [0.5, 0.6) is 0 Å². The summed E-state index contributed by atoms with van der Waals surface area (Å²) >= 11 is 1.17. The Kier molecular flexibility index (Phi) is 5.61. The van der Waals surface area contributed by atoms with Crippen LogP contribution in [0.3, 0.4) is 0 Å². The Hall–Kier alpha value is -3.71. The normalized spacial score (nSPS) is 11.7. The van der Waals surface area contributed by atoms with Crippen LogP contribution in [0.2, 0.25) is 0 Å². The number of thiazole rings is 1. The average Bonchev–Trinajstić information content (AvgIpc) is 3.18. The lowest BCUT2D eigenvalue weighted by Gasteiger charge is -2.08. The Balaban J connectivity index is 1.81. The van der Waals surface area contributed by atoms with Crippen LogP contribution in [-0.2, 0) is 6.18 Å². The molecule has 146 valence electrons. The van der Waals surface area contributed by atoms with Gasteiger partial charge in [-0.1, -0.05) is 6.07 Å². The Morgan fingerprint density at radius 2 is 1.97 bits per heavy atom. The van der Waals surface area contributed by atoms with Gasteiger partial charge in [0.05, 0.1) is 16.2 Å². The van der Waals surface area contributed by atoms with E-state index in [0.29, 0.717) is 16.3 Å². The maximum Gasteiger partial charge on any atom is 0.416 e. The molecule has 0 fully saturated rings. The van der Waals surface area contributed by atoms with Crippen LogP contribution >= 0.6 is 11.3 Å². The molecule has 10 heteroatoms. The molecule has 0 amide bonds. The molecule has 1 aromatic heterocycles. The van der Waals surface area contributed by atoms with Crippen molar-refractivity contribution in [1.29, 1.82) is 5.26 Å². The molecule has 0 bridgehead atoms. The van der Waals surface area contributed by atoms with Crippen molar-refractivity contribution in [1.82, 2.24) is 4.98 Å². The van der Waals surface area contributed by atoms with Gasteiger partial charge in [-0.25, -0.2) is 4.98 Å². The first-order chi connectivity index (χ1) is 13.8. The van der Waals surface area contributed by atoms with Gasteiger partial charge >= 0.3 is 6.18 Å².